The van der Waals surface area contributed by atoms with Crippen molar-refractivity contribution in [3.05, 3.63) is 98.4 Å². The molecule has 212 valence electrons. The van der Waals surface area contributed by atoms with Crippen LogP contribution < -0.4 is 16.0 Å². The lowest BCUT2D eigenvalue weighted by atomic mass is 10.1. The number of furan rings is 1. The summed E-state index contributed by atoms with van der Waals surface area (Å²) in [5, 5.41) is 8.17. The fourth-order valence-corrected chi connectivity index (χ4v) is 6.57. The Balaban J connectivity index is 1.37. The van der Waals surface area contributed by atoms with E-state index >= 15 is 0 Å². The molecule has 0 fully saturated rings. The van der Waals surface area contributed by atoms with Crippen LogP contribution in [0.2, 0.25) is 0 Å². The highest BCUT2D eigenvalue weighted by Gasteiger charge is 2.20. The van der Waals surface area contributed by atoms with E-state index < -0.39 is 15.8 Å². The third kappa shape index (κ3) is 6.65. The zero-order chi connectivity index (χ0) is 29.1. The zero-order valence-corrected chi connectivity index (χ0v) is 24.4. The topological polar surface area (TPSA) is 142 Å². The van der Waals surface area contributed by atoms with Crippen molar-refractivity contribution in [2.45, 2.75) is 23.0 Å². The van der Waals surface area contributed by atoms with Crippen molar-refractivity contribution in [1.29, 1.82) is 0 Å². The fourth-order valence-electron chi connectivity index (χ4n) is 3.96. The van der Waals surface area contributed by atoms with E-state index in [1.54, 1.807) is 35.1 Å². The van der Waals surface area contributed by atoms with E-state index in [0.29, 0.717) is 38.7 Å². The lowest BCUT2D eigenvalue weighted by molar-refractivity contribution is -0.118. The van der Waals surface area contributed by atoms with E-state index in [9.17, 15) is 22.4 Å². The average Bonchev–Trinajstić information content (AvgIpc) is 3.56. The molecule has 15 heteroatoms. The van der Waals surface area contributed by atoms with Gasteiger partial charge >= 0.3 is 0 Å². The highest BCUT2D eigenvalue weighted by molar-refractivity contribution is 7.99. The molecule has 5 rings (SSSR count). The van der Waals surface area contributed by atoms with Gasteiger partial charge < -0.3 is 9.73 Å². The van der Waals surface area contributed by atoms with Gasteiger partial charge in [-0.1, -0.05) is 35.2 Å². The zero-order valence-electron chi connectivity index (χ0n) is 21.2. The van der Waals surface area contributed by atoms with Gasteiger partial charge in [0, 0.05) is 6.54 Å². The number of benzene rings is 2. The van der Waals surface area contributed by atoms with Crippen LogP contribution in [0.4, 0.5) is 4.39 Å². The molecule has 0 aliphatic rings. The summed E-state index contributed by atoms with van der Waals surface area (Å²) < 4.78 is 45.7. The number of carbonyl (C=O) groups excluding carboxylic acids is 1. The van der Waals surface area contributed by atoms with E-state index in [1.165, 1.54) is 41.0 Å². The average molecular weight is 632 g/mol. The predicted molar refractivity (Wildman–Crippen MR) is 157 cm³/mol. The molecule has 3 aromatic heterocycles. The van der Waals surface area contributed by atoms with E-state index in [4.69, 9.17) is 26.8 Å². The highest BCUT2D eigenvalue weighted by Crippen LogP contribution is 2.26. The van der Waals surface area contributed by atoms with Gasteiger partial charge in [0.2, 0.25) is 15.9 Å². The van der Waals surface area contributed by atoms with Crippen LogP contribution in [0.25, 0.3) is 16.0 Å². The highest BCUT2D eigenvalue weighted by atomic mass is 32.2. The van der Waals surface area contributed by atoms with Gasteiger partial charge in [-0.2, -0.15) is 0 Å². The lowest BCUT2D eigenvalue weighted by Crippen LogP contribution is -2.28. The SMILES string of the molecule is NS(=O)(=O)c1ccc(CCNC(=O)CSc2nc3c(sc(=S)n3Cc3ccco3)c(=O)n2-c2ccc(F)cc2)cc1. The minimum Gasteiger partial charge on any atom is -0.467 e. The van der Waals surface area contributed by atoms with E-state index in [2.05, 4.69) is 5.32 Å². The molecule has 0 bridgehead atoms. The van der Waals surface area contributed by atoms with Gasteiger partial charge in [0.25, 0.3) is 5.56 Å². The molecule has 41 heavy (non-hydrogen) atoms. The van der Waals surface area contributed by atoms with Crippen LogP contribution in [0, 0.1) is 9.77 Å². The number of carbonyl (C=O) groups is 1. The molecule has 0 atom stereocenters. The van der Waals surface area contributed by atoms with Crippen LogP contribution in [-0.4, -0.2) is 40.7 Å². The summed E-state index contributed by atoms with van der Waals surface area (Å²) in [6.45, 7) is 0.583. The summed E-state index contributed by atoms with van der Waals surface area (Å²) >= 11 is 7.70. The van der Waals surface area contributed by atoms with Crippen molar-refractivity contribution in [1.82, 2.24) is 19.4 Å². The van der Waals surface area contributed by atoms with E-state index in [0.717, 1.165) is 28.7 Å². The number of amides is 1. The van der Waals surface area contributed by atoms with Crippen molar-refractivity contribution >= 4 is 61.6 Å². The minimum atomic E-state index is -3.78. The van der Waals surface area contributed by atoms with Crippen LogP contribution in [0.1, 0.15) is 11.3 Å². The largest absolute Gasteiger partial charge is 0.467 e. The molecule has 0 spiro atoms. The monoisotopic (exact) mass is 631 g/mol. The molecule has 0 saturated carbocycles. The normalized spacial score (nSPS) is 11.7. The number of halogens is 1. The third-order valence-electron chi connectivity index (χ3n) is 5.96. The minimum absolute atomic E-state index is 0.0117. The van der Waals surface area contributed by atoms with E-state index in [1.807, 2.05) is 0 Å². The van der Waals surface area contributed by atoms with Crippen LogP contribution in [-0.2, 0) is 27.8 Å². The van der Waals surface area contributed by atoms with Gasteiger partial charge in [-0.3, -0.25) is 18.7 Å². The van der Waals surface area contributed by atoms with E-state index in [-0.39, 0.29) is 33.8 Å². The number of nitrogens with zero attached hydrogens (tertiary/aromatic N) is 3. The number of nitrogens with one attached hydrogen (secondary N) is 1. The smallest absolute Gasteiger partial charge is 0.278 e. The number of sulfonamides is 1. The first kappa shape index (κ1) is 28.9. The van der Waals surface area contributed by atoms with Crippen molar-refractivity contribution in [3.8, 4) is 5.69 Å². The van der Waals surface area contributed by atoms with Crippen molar-refractivity contribution in [2.75, 3.05) is 12.3 Å². The molecule has 0 unspecified atom stereocenters. The molecule has 1 amide bonds. The summed E-state index contributed by atoms with van der Waals surface area (Å²) in [6, 6.07) is 15.1. The first-order valence-electron chi connectivity index (χ1n) is 12.1. The Morgan fingerprint density at radius 1 is 1.15 bits per heavy atom. The molecule has 3 N–H and O–H groups in total. The maximum Gasteiger partial charge on any atom is 0.278 e. The number of rotatable bonds is 10. The molecule has 0 aliphatic heterocycles. The number of thiazole rings is 1. The van der Waals surface area contributed by atoms with Crippen LogP contribution in [0.15, 0.2) is 86.2 Å². The summed E-state index contributed by atoms with van der Waals surface area (Å²) in [6.07, 6.45) is 2.01. The molecular formula is C26H22FN5O5S4. The third-order valence-corrected chi connectivity index (χ3v) is 9.25. The van der Waals surface area contributed by atoms with Gasteiger partial charge in [0.1, 0.15) is 16.3 Å². The summed E-state index contributed by atoms with van der Waals surface area (Å²) in [4.78, 5) is 31.1. The fraction of sp³-hybridized carbons (Fsp3) is 0.154. The van der Waals surface area contributed by atoms with Crippen LogP contribution >= 0.6 is 35.3 Å². The maximum atomic E-state index is 13.7. The number of primary sulfonamides is 1. The van der Waals surface area contributed by atoms with Crippen LogP contribution in [0.3, 0.4) is 0 Å². The number of nitrogens with two attached hydrogens (primary N) is 1. The van der Waals surface area contributed by atoms with Gasteiger partial charge in [-0.05, 0) is 72.7 Å². The van der Waals surface area contributed by atoms with Crippen molar-refractivity contribution < 1.29 is 22.0 Å². The molecule has 10 nitrogen and oxygen atoms in total. The molecular weight excluding hydrogens is 610 g/mol. The van der Waals surface area contributed by atoms with Crippen LogP contribution in [0.5, 0.6) is 0 Å². The second-order valence-corrected chi connectivity index (χ2v) is 12.9. The first-order chi connectivity index (χ1) is 19.6. The summed E-state index contributed by atoms with van der Waals surface area (Å²) in [5.74, 6) is -0.164. The molecule has 2 aromatic carbocycles. The van der Waals surface area contributed by atoms with Crippen molar-refractivity contribution in [2.24, 2.45) is 5.14 Å². The molecule has 5 aromatic rings. The van der Waals surface area contributed by atoms with Gasteiger partial charge in [0.15, 0.2) is 14.8 Å². The van der Waals surface area contributed by atoms with Crippen molar-refractivity contribution in [3.63, 3.8) is 0 Å². The lowest BCUT2D eigenvalue weighted by Gasteiger charge is -2.13. The Labute approximate surface area is 246 Å². The number of fused-ring (bicyclic) bond motifs is 1. The van der Waals surface area contributed by atoms with Gasteiger partial charge in [-0.25, -0.2) is 22.9 Å². The molecule has 0 aliphatic carbocycles. The number of thioether (sulfide) groups is 1. The quantitative estimate of drug-likeness (QED) is 0.135. The number of hydrogen-bond donors (Lipinski definition) is 2. The molecule has 0 radical (unpaired) electrons. The number of hydrogen-bond acceptors (Lipinski definition) is 9. The second kappa shape index (κ2) is 12.1. The van der Waals surface area contributed by atoms with Gasteiger partial charge in [-0.15, -0.1) is 0 Å². The maximum absolute atomic E-state index is 13.7. The Kier molecular flexibility index (Phi) is 8.51. The predicted octanol–water partition coefficient (Wildman–Crippen LogP) is 3.86. The Morgan fingerprint density at radius 3 is 2.54 bits per heavy atom. The summed E-state index contributed by atoms with van der Waals surface area (Å²) in [7, 11) is -3.78. The second-order valence-electron chi connectivity index (χ2n) is 8.78. The Bertz CT molecular complexity index is 1930. The molecule has 0 saturated heterocycles. The van der Waals surface area contributed by atoms with Gasteiger partial charge in [0.05, 0.1) is 29.1 Å². The Hall–Kier alpha value is -3.63. The number of aromatic nitrogens is 3. The summed E-state index contributed by atoms with van der Waals surface area (Å²) in [5.41, 5.74) is 1.20. The molecule has 3 heterocycles. The standard InChI is InChI=1S/C26H22FN5O5S4/c27-17-5-7-18(8-6-17)32-24(34)22-23(31(26(38)40-22)14-19-2-1-13-37-19)30-25(32)39-15-21(33)29-12-11-16-3-9-20(10-4-16)41(28,35)36/h1-10,13H,11-12,14-15H2,(H,29,33)(H2,28,35,36). The first-order valence-corrected chi connectivity index (χ1v) is 15.8. The Morgan fingerprint density at radius 2 is 1.88 bits per heavy atom.